The van der Waals surface area contributed by atoms with Crippen LogP contribution in [0.3, 0.4) is 0 Å². The summed E-state index contributed by atoms with van der Waals surface area (Å²) in [4.78, 5) is 39.6. The van der Waals surface area contributed by atoms with Crippen molar-refractivity contribution >= 4 is 28.0 Å². The Morgan fingerprint density at radius 3 is 1.47 bits per heavy atom. The second-order valence-electron chi connectivity index (χ2n) is 19.1. The Labute approximate surface area is 454 Å². The quantitative estimate of drug-likeness (QED) is 0.0272. The van der Waals surface area contributed by atoms with Crippen LogP contribution in [0.1, 0.15) is 86.8 Å². The van der Waals surface area contributed by atoms with Crippen molar-refractivity contribution in [2.75, 3.05) is 65.6 Å². The van der Waals surface area contributed by atoms with Crippen molar-refractivity contribution in [1.82, 2.24) is 14.7 Å². The third-order valence-electron chi connectivity index (χ3n) is 13.0. The topological polar surface area (TPSA) is 222 Å². The lowest BCUT2D eigenvalue weighted by Gasteiger charge is -2.35. The minimum Gasteiger partial charge on any atom is -0.489 e. The smallest absolute Gasteiger partial charge is 0.317 e. The third kappa shape index (κ3) is 21.7. The van der Waals surface area contributed by atoms with Crippen molar-refractivity contribution in [2.24, 2.45) is 0 Å². The summed E-state index contributed by atoms with van der Waals surface area (Å²) in [5.74, 6) is -1.66. The van der Waals surface area contributed by atoms with Crippen molar-refractivity contribution in [3.8, 4) is 28.7 Å². The summed E-state index contributed by atoms with van der Waals surface area (Å²) in [5.41, 5.74) is 6.20. The third-order valence-corrected chi connectivity index (χ3v) is 13.9. The molecule has 0 saturated heterocycles. The molecule has 5 rings (SSSR count). The molecule has 77 heavy (non-hydrogen) atoms. The maximum Gasteiger partial charge on any atom is 0.317 e. The molecule has 0 aliphatic rings. The first-order valence-electron chi connectivity index (χ1n) is 26.4. The van der Waals surface area contributed by atoms with Crippen LogP contribution in [0, 0.1) is 6.92 Å². The first kappa shape index (κ1) is 61.2. The fraction of sp³-hybridized carbons (Fsp3) is 0.441. The van der Waals surface area contributed by atoms with Crippen molar-refractivity contribution in [2.45, 2.75) is 110 Å². The summed E-state index contributed by atoms with van der Waals surface area (Å²) in [6.07, 6.45) is 6.19. The first-order chi connectivity index (χ1) is 36.9. The number of ether oxygens (including phenoxy) is 5. The molecule has 5 aromatic rings. The number of aliphatic carboxylic acids is 3. The Morgan fingerprint density at radius 2 is 0.987 bits per heavy atom. The maximum atomic E-state index is 12.8. The molecule has 4 N–H and O–H groups in total. The summed E-state index contributed by atoms with van der Waals surface area (Å²) in [7, 11) is -4.78. The molecule has 17 nitrogen and oxygen atoms in total. The van der Waals surface area contributed by atoms with E-state index in [-0.39, 0.29) is 57.0 Å². The SMILES string of the molecule is CCCCc1ccc(COc2ccc(OCC(COc3ccc(OCc4ccc(CCCC)cc4)cc3S(=O)(=O)O)Oc3ccc(CC(CN(CCN(CC(=O)O)CC(=O)O)CC(=O)O)N(CC)CC)cc3)c(C)c2)cc1. The number of aryl methyl sites for hydroxylation is 3. The van der Waals surface area contributed by atoms with Gasteiger partial charge in [0.25, 0.3) is 10.1 Å². The number of likely N-dealkylation sites (N-methyl/N-ethyl adjacent to an activating group) is 1. The van der Waals surface area contributed by atoms with E-state index in [2.05, 4.69) is 55.1 Å². The minimum absolute atomic E-state index is 0.0351. The number of benzene rings is 5. The van der Waals surface area contributed by atoms with Gasteiger partial charge in [-0.25, -0.2) is 0 Å². The highest BCUT2D eigenvalue weighted by Gasteiger charge is 2.25. The van der Waals surface area contributed by atoms with Crippen LogP contribution < -0.4 is 23.7 Å². The van der Waals surface area contributed by atoms with Gasteiger partial charge in [-0.3, -0.25) is 33.6 Å². The van der Waals surface area contributed by atoms with Crippen LogP contribution in [0.5, 0.6) is 28.7 Å². The Morgan fingerprint density at radius 1 is 0.545 bits per heavy atom. The molecule has 0 bridgehead atoms. The van der Waals surface area contributed by atoms with Gasteiger partial charge in [-0.05, 0) is 128 Å². The van der Waals surface area contributed by atoms with Gasteiger partial charge in [0.1, 0.15) is 60.1 Å². The van der Waals surface area contributed by atoms with Crippen LogP contribution in [0.15, 0.2) is 114 Å². The number of unbranched alkanes of at least 4 members (excludes halogenated alkanes) is 2. The molecule has 5 aromatic carbocycles. The number of nitrogens with zero attached hydrogens (tertiary/aromatic N) is 3. The fourth-order valence-corrected chi connectivity index (χ4v) is 9.42. The average molecular weight is 1080 g/mol. The molecule has 0 heterocycles. The first-order valence-corrected chi connectivity index (χ1v) is 27.9. The number of carbonyl (C=O) groups is 3. The van der Waals surface area contributed by atoms with Crippen LogP contribution in [0.4, 0.5) is 0 Å². The zero-order valence-corrected chi connectivity index (χ0v) is 45.9. The molecule has 0 aliphatic carbocycles. The zero-order chi connectivity index (χ0) is 55.7. The van der Waals surface area contributed by atoms with Crippen LogP contribution in [0.25, 0.3) is 0 Å². The van der Waals surface area contributed by atoms with Gasteiger partial charge in [-0.2, -0.15) is 8.42 Å². The van der Waals surface area contributed by atoms with E-state index in [4.69, 9.17) is 23.7 Å². The van der Waals surface area contributed by atoms with Crippen LogP contribution in [0.2, 0.25) is 0 Å². The van der Waals surface area contributed by atoms with E-state index in [9.17, 15) is 42.7 Å². The second-order valence-corrected chi connectivity index (χ2v) is 20.5. The van der Waals surface area contributed by atoms with E-state index in [0.29, 0.717) is 49.9 Å². The van der Waals surface area contributed by atoms with E-state index in [1.54, 1.807) is 23.1 Å². The van der Waals surface area contributed by atoms with Crippen molar-refractivity contribution in [3.63, 3.8) is 0 Å². The normalized spacial score (nSPS) is 12.4. The molecule has 0 spiro atoms. The van der Waals surface area contributed by atoms with E-state index in [1.165, 1.54) is 28.2 Å². The van der Waals surface area contributed by atoms with Crippen LogP contribution in [-0.4, -0.2) is 139 Å². The highest BCUT2D eigenvalue weighted by molar-refractivity contribution is 7.86. The van der Waals surface area contributed by atoms with Gasteiger partial charge < -0.3 is 39.0 Å². The van der Waals surface area contributed by atoms with Gasteiger partial charge in [-0.1, -0.05) is 101 Å². The lowest BCUT2D eigenvalue weighted by Crippen LogP contribution is -2.49. The lowest BCUT2D eigenvalue weighted by molar-refractivity contribution is -0.143. The summed E-state index contributed by atoms with van der Waals surface area (Å²) in [5, 5.41) is 28.5. The van der Waals surface area contributed by atoms with Gasteiger partial charge >= 0.3 is 17.9 Å². The second kappa shape index (κ2) is 31.5. The summed E-state index contributed by atoms with van der Waals surface area (Å²) in [6.45, 7) is 11.1. The van der Waals surface area contributed by atoms with Gasteiger partial charge in [0.2, 0.25) is 0 Å². The maximum absolute atomic E-state index is 12.8. The molecule has 0 amide bonds. The highest BCUT2D eigenvalue weighted by atomic mass is 32.2. The van der Waals surface area contributed by atoms with Crippen molar-refractivity contribution in [1.29, 1.82) is 0 Å². The standard InChI is InChI=1S/C59H77N3O14S/c1-6-10-12-44-14-18-47(19-15-44)39-72-51-26-28-54(43(5)32-51)74-41-53(42-75-55-29-27-52(34-56(55)77(69,70)71)73-40-48-20-16-45(17-21-48)13-11-7-2)76-50-24-22-46(23-25-50)33-49(62(8-3)9-4)35-60(36-57(63)64)30-31-61(37-58(65)66)38-59(67)68/h14-29,32,34,49,53H,6-13,30-31,33,35-42H2,1-5H3,(H,63,64)(H,65,66)(H,67,68)(H,69,70,71). The molecule has 0 fully saturated rings. The number of carboxylic acids is 3. The predicted octanol–water partition coefficient (Wildman–Crippen LogP) is 9.10. The largest absolute Gasteiger partial charge is 0.489 e. The molecule has 0 aliphatic heterocycles. The fourth-order valence-electron chi connectivity index (χ4n) is 8.78. The van der Waals surface area contributed by atoms with E-state index in [0.717, 1.165) is 60.8 Å². The average Bonchev–Trinajstić information content (AvgIpc) is 3.39. The van der Waals surface area contributed by atoms with Crippen LogP contribution >= 0.6 is 0 Å². The van der Waals surface area contributed by atoms with E-state index in [1.807, 2.05) is 63.2 Å². The van der Waals surface area contributed by atoms with Gasteiger partial charge in [0.05, 0.1) is 19.6 Å². The lowest BCUT2D eigenvalue weighted by atomic mass is 10.0. The molecular formula is C59H77N3O14S. The molecule has 18 heteroatoms. The molecule has 0 saturated carbocycles. The van der Waals surface area contributed by atoms with Gasteiger partial charge in [0.15, 0.2) is 6.10 Å². The molecule has 2 atom stereocenters. The Balaban J connectivity index is 1.33. The summed E-state index contributed by atoms with van der Waals surface area (Å²) < 4.78 is 67.0. The Bertz CT molecular complexity index is 2700. The molecule has 0 aromatic heterocycles. The Kier molecular flexibility index (Phi) is 25.0. The number of hydrogen-bond acceptors (Lipinski definition) is 13. The van der Waals surface area contributed by atoms with E-state index >= 15 is 0 Å². The van der Waals surface area contributed by atoms with Crippen LogP contribution in [-0.2, 0) is 57.0 Å². The van der Waals surface area contributed by atoms with E-state index < -0.39 is 52.1 Å². The number of hydrogen-bond donors (Lipinski definition) is 4. The highest BCUT2D eigenvalue weighted by Crippen LogP contribution is 2.30. The minimum atomic E-state index is -4.78. The van der Waals surface area contributed by atoms with Crippen molar-refractivity contribution < 1.29 is 66.4 Å². The van der Waals surface area contributed by atoms with Crippen molar-refractivity contribution in [3.05, 3.63) is 143 Å². The zero-order valence-electron chi connectivity index (χ0n) is 45.1. The molecule has 2 unspecified atom stereocenters. The number of rotatable bonds is 37. The monoisotopic (exact) mass is 1080 g/mol. The number of carboxylic acid groups (broad SMARTS) is 3. The molecular weight excluding hydrogens is 1010 g/mol. The predicted molar refractivity (Wildman–Crippen MR) is 294 cm³/mol. The molecule has 418 valence electrons. The van der Waals surface area contributed by atoms with Gasteiger partial charge in [-0.15, -0.1) is 0 Å². The summed E-state index contributed by atoms with van der Waals surface area (Å²) in [6, 6.07) is 33.4. The Hall–Kier alpha value is -6.70. The summed E-state index contributed by atoms with van der Waals surface area (Å²) >= 11 is 0. The molecule has 0 radical (unpaired) electrons. The van der Waals surface area contributed by atoms with Gasteiger partial charge in [0, 0.05) is 31.7 Å².